The van der Waals surface area contributed by atoms with Crippen molar-refractivity contribution in [2.75, 3.05) is 13.2 Å². The summed E-state index contributed by atoms with van der Waals surface area (Å²) in [7, 11) is 0. The number of rotatable bonds is 3. The number of hydrogen-bond donors (Lipinski definition) is 2. The van der Waals surface area contributed by atoms with Crippen molar-refractivity contribution >= 4 is 11.3 Å². The van der Waals surface area contributed by atoms with E-state index in [1.165, 1.54) is 21.0 Å². The molecule has 2 N–H and O–H groups in total. The van der Waals surface area contributed by atoms with Gasteiger partial charge in [0.2, 0.25) is 0 Å². The van der Waals surface area contributed by atoms with Gasteiger partial charge in [-0.25, -0.2) is 4.98 Å². The molecule has 3 heterocycles. The number of aromatic amines is 1. The van der Waals surface area contributed by atoms with Gasteiger partial charge >= 0.3 is 0 Å². The van der Waals surface area contributed by atoms with Gasteiger partial charge in [0.25, 0.3) is 0 Å². The SMILES string of the molecule is Cc1ccc(CN2CCc3[nH]cnc3C2c2ccc(C#CCO)cc2)s1. The summed E-state index contributed by atoms with van der Waals surface area (Å²) in [6, 6.07) is 12.9. The Bertz CT molecular complexity index is 946. The fourth-order valence-corrected chi connectivity index (χ4v) is 4.44. The van der Waals surface area contributed by atoms with Crippen LogP contribution in [0, 0.1) is 18.8 Å². The van der Waals surface area contributed by atoms with E-state index in [0.29, 0.717) is 0 Å². The van der Waals surface area contributed by atoms with Crippen LogP contribution in [0.1, 0.15) is 38.3 Å². The van der Waals surface area contributed by atoms with E-state index in [1.807, 2.05) is 23.5 Å². The van der Waals surface area contributed by atoms with Crippen LogP contribution in [0.4, 0.5) is 0 Å². The number of aliphatic hydroxyl groups excluding tert-OH is 1. The minimum atomic E-state index is -0.116. The number of aliphatic hydroxyl groups is 1. The molecule has 4 rings (SSSR count). The third kappa shape index (κ3) is 3.45. The molecule has 4 nitrogen and oxygen atoms in total. The fraction of sp³-hybridized carbons (Fsp3) is 0.286. The van der Waals surface area contributed by atoms with Gasteiger partial charge in [-0.1, -0.05) is 24.0 Å². The Balaban J connectivity index is 1.66. The average molecular weight is 363 g/mol. The van der Waals surface area contributed by atoms with Gasteiger partial charge in [0.15, 0.2) is 0 Å². The first kappa shape index (κ1) is 17.0. The van der Waals surface area contributed by atoms with E-state index in [0.717, 1.165) is 30.8 Å². The summed E-state index contributed by atoms with van der Waals surface area (Å²) in [6.07, 6.45) is 2.80. The number of H-pyrrole nitrogens is 1. The van der Waals surface area contributed by atoms with Crippen LogP contribution in [0.5, 0.6) is 0 Å². The number of thiophene rings is 1. The highest BCUT2D eigenvalue weighted by Crippen LogP contribution is 2.35. The molecule has 3 aromatic rings. The first-order valence-corrected chi connectivity index (χ1v) is 9.57. The third-order valence-electron chi connectivity index (χ3n) is 4.72. The standard InChI is InChI=1S/C21H21N3OS/c1-15-4-9-18(26-15)13-24-11-10-19-20(23-14-22-19)21(24)17-7-5-16(6-8-17)3-2-12-25/h4-9,14,21,25H,10-13H2,1H3,(H,22,23). The summed E-state index contributed by atoms with van der Waals surface area (Å²) in [5.41, 5.74) is 4.50. The molecule has 1 aliphatic heterocycles. The molecule has 1 aromatic carbocycles. The number of nitrogens with one attached hydrogen (secondary N) is 1. The maximum atomic E-state index is 8.86. The highest BCUT2D eigenvalue weighted by atomic mass is 32.1. The Morgan fingerprint density at radius 3 is 2.85 bits per heavy atom. The van der Waals surface area contributed by atoms with E-state index < -0.39 is 0 Å². The molecule has 0 aliphatic carbocycles. The van der Waals surface area contributed by atoms with Gasteiger partial charge in [0.1, 0.15) is 6.61 Å². The van der Waals surface area contributed by atoms with Crippen molar-refractivity contribution in [2.24, 2.45) is 0 Å². The Labute approximate surface area is 157 Å². The summed E-state index contributed by atoms with van der Waals surface area (Å²) in [6.45, 7) is 3.97. The second-order valence-electron chi connectivity index (χ2n) is 6.48. The molecule has 5 heteroatoms. The lowest BCUT2D eigenvalue weighted by molar-refractivity contribution is 0.202. The molecule has 0 saturated carbocycles. The zero-order valence-electron chi connectivity index (χ0n) is 14.7. The molecule has 1 aliphatic rings. The highest BCUT2D eigenvalue weighted by Gasteiger charge is 2.31. The van der Waals surface area contributed by atoms with Crippen molar-refractivity contribution in [2.45, 2.75) is 25.9 Å². The van der Waals surface area contributed by atoms with Gasteiger partial charge in [0.05, 0.1) is 18.1 Å². The van der Waals surface area contributed by atoms with Crippen molar-refractivity contribution in [3.63, 3.8) is 0 Å². The number of aryl methyl sites for hydroxylation is 1. The largest absolute Gasteiger partial charge is 0.384 e. The van der Waals surface area contributed by atoms with Crippen LogP contribution >= 0.6 is 11.3 Å². The molecular weight excluding hydrogens is 342 g/mol. The predicted molar refractivity (Wildman–Crippen MR) is 104 cm³/mol. The van der Waals surface area contributed by atoms with Crippen LogP contribution in [-0.4, -0.2) is 33.1 Å². The van der Waals surface area contributed by atoms with Crippen LogP contribution in [0.2, 0.25) is 0 Å². The molecule has 1 unspecified atom stereocenters. The van der Waals surface area contributed by atoms with Gasteiger partial charge < -0.3 is 10.1 Å². The number of aromatic nitrogens is 2. The Kier molecular flexibility index (Phi) is 4.89. The van der Waals surface area contributed by atoms with Crippen LogP contribution < -0.4 is 0 Å². The zero-order valence-corrected chi connectivity index (χ0v) is 15.5. The normalized spacial score (nSPS) is 16.8. The molecular formula is C21H21N3OS. The molecule has 0 amide bonds. The minimum Gasteiger partial charge on any atom is -0.384 e. The summed E-state index contributed by atoms with van der Waals surface area (Å²) < 4.78 is 0. The summed E-state index contributed by atoms with van der Waals surface area (Å²) >= 11 is 1.86. The molecule has 1 atom stereocenters. The molecule has 132 valence electrons. The van der Waals surface area contributed by atoms with Crippen LogP contribution in [0.3, 0.4) is 0 Å². The van der Waals surface area contributed by atoms with E-state index in [-0.39, 0.29) is 12.6 Å². The third-order valence-corrected chi connectivity index (χ3v) is 5.70. The molecule has 26 heavy (non-hydrogen) atoms. The molecule has 0 radical (unpaired) electrons. The molecule has 0 saturated heterocycles. The summed E-state index contributed by atoms with van der Waals surface area (Å²) in [5.74, 6) is 5.66. The zero-order chi connectivity index (χ0) is 17.9. The lowest BCUT2D eigenvalue weighted by atomic mass is 9.95. The van der Waals surface area contributed by atoms with Crippen LogP contribution in [0.15, 0.2) is 42.7 Å². The van der Waals surface area contributed by atoms with E-state index in [1.54, 1.807) is 6.33 Å². The lowest BCUT2D eigenvalue weighted by Crippen LogP contribution is -2.35. The fourth-order valence-electron chi connectivity index (χ4n) is 3.52. The lowest BCUT2D eigenvalue weighted by Gasteiger charge is -2.35. The average Bonchev–Trinajstić information content (AvgIpc) is 3.29. The summed E-state index contributed by atoms with van der Waals surface area (Å²) in [5, 5.41) is 8.86. The maximum absolute atomic E-state index is 8.86. The van der Waals surface area contributed by atoms with Crippen molar-refractivity contribution in [3.05, 3.63) is 75.0 Å². The monoisotopic (exact) mass is 363 g/mol. The molecule has 0 fully saturated rings. The van der Waals surface area contributed by atoms with Crippen LogP contribution in [0.25, 0.3) is 0 Å². The van der Waals surface area contributed by atoms with Gasteiger partial charge in [-0.3, -0.25) is 4.90 Å². The first-order valence-electron chi connectivity index (χ1n) is 8.76. The minimum absolute atomic E-state index is 0.116. The molecule has 2 aromatic heterocycles. The van der Waals surface area contributed by atoms with Crippen molar-refractivity contribution < 1.29 is 5.11 Å². The van der Waals surface area contributed by atoms with E-state index in [4.69, 9.17) is 5.11 Å². The number of benzene rings is 1. The number of imidazole rings is 1. The Morgan fingerprint density at radius 2 is 2.12 bits per heavy atom. The second-order valence-corrected chi connectivity index (χ2v) is 7.86. The van der Waals surface area contributed by atoms with E-state index >= 15 is 0 Å². The van der Waals surface area contributed by atoms with Crippen molar-refractivity contribution in [1.29, 1.82) is 0 Å². The quantitative estimate of drug-likeness (QED) is 0.702. The topological polar surface area (TPSA) is 52.2 Å². The maximum Gasteiger partial charge on any atom is 0.104 e. The molecule has 0 spiro atoms. The van der Waals surface area contributed by atoms with Gasteiger partial charge in [-0.2, -0.15) is 0 Å². The highest BCUT2D eigenvalue weighted by molar-refractivity contribution is 7.11. The predicted octanol–water partition coefficient (Wildman–Crippen LogP) is 3.27. The summed E-state index contributed by atoms with van der Waals surface area (Å²) in [4.78, 5) is 13.2. The van der Waals surface area contributed by atoms with E-state index in [9.17, 15) is 0 Å². The Hall–Kier alpha value is -2.39. The van der Waals surface area contributed by atoms with Crippen molar-refractivity contribution in [3.8, 4) is 11.8 Å². The van der Waals surface area contributed by atoms with E-state index in [2.05, 4.69) is 57.9 Å². The first-order chi connectivity index (χ1) is 12.7. The number of hydrogen-bond acceptors (Lipinski definition) is 4. The number of nitrogens with zero attached hydrogens (tertiary/aromatic N) is 2. The van der Waals surface area contributed by atoms with Crippen LogP contribution in [-0.2, 0) is 13.0 Å². The number of fused-ring (bicyclic) bond motifs is 1. The second kappa shape index (κ2) is 7.46. The van der Waals surface area contributed by atoms with Crippen molar-refractivity contribution in [1.82, 2.24) is 14.9 Å². The Morgan fingerprint density at radius 1 is 1.27 bits per heavy atom. The van der Waals surface area contributed by atoms with Gasteiger partial charge in [-0.15, -0.1) is 11.3 Å². The van der Waals surface area contributed by atoms with Gasteiger partial charge in [0, 0.05) is 40.5 Å². The van der Waals surface area contributed by atoms with Gasteiger partial charge in [-0.05, 0) is 36.8 Å². The smallest absolute Gasteiger partial charge is 0.104 e. The molecule has 0 bridgehead atoms.